The van der Waals surface area contributed by atoms with E-state index in [1.807, 2.05) is 30.2 Å². The maximum absolute atomic E-state index is 12.7. The van der Waals surface area contributed by atoms with Gasteiger partial charge in [0.15, 0.2) is 16.6 Å². The molecule has 0 unspecified atom stereocenters. The van der Waals surface area contributed by atoms with Crippen LogP contribution >= 0.6 is 23.1 Å². The van der Waals surface area contributed by atoms with Gasteiger partial charge in [0.25, 0.3) is 5.56 Å². The van der Waals surface area contributed by atoms with E-state index in [1.54, 1.807) is 22.2 Å². The molecule has 0 atom stereocenters. The van der Waals surface area contributed by atoms with Crippen LogP contribution in [-0.2, 0) is 0 Å². The van der Waals surface area contributed by atoms with Crippen molar-refractivity contribution in [3.8, 4) is 5.82 Å². The number of aromatic nitrogens is 5. The van der Waals surface area contributed by atoms with E-state index in [0.29, 0.717) is 22.1 Å². The van der Waals surface area contributed by atoms with Crippen molar-refractivity contribution in [2.45, 2.75) is 43.8 Å². The summed E-state index contributed by atoms with van der Waals surface area (Å²) in [4.78, 5) is 26.3. The lowest BCUT2D eigenvalue weighted by Gasteiger charge is -2.12. The summed E-state index contributed by atoms with van der Waals surface area (Å²) in [7, 11) is 0. The lowest BCUT2D eigenvalue weighted by Crippen LogP contribution is -2.24. The second kappa shape index (κ2) is 5.45. The number of rotatable bonds is 4. The quantitative estimate of drug-likeness (QED) is 0.535. The van der Waals surface area contributed by atoms with Crippen molar-refractivity contribution in [3.63, 3.8) is 0 Å². The molecule has 3 aromatic rings. The molecular weight excluding hydrogens is 330 g/mol. The van der Waals surface area contributed by atoms with E-state index in [4.69, 9.17) is 4.98 Å². The van der Waals surface area contributed by atoms with Crippen molar-refractivity contribution < 1.29 is 0 Å². The summed E-state index contributed by atoms with van der Waals surface area (Å²) >= 11 is 3.13. The van der Waals surface area contributed by atoms with Crippen molar-refractivity contribution in [3.05, 3.63) is 26.9 Å². The first-order valence-electron chi connectivity index (χ1n) is 7.60. The number of hydrogen-bond acceptors (Lipinski definition) is 6. The first-order valence-corrected chi connectivity index (χ1v) is 9.70. The molecule has 0 amide bonds. The predicted molar refractivity (Wildman–Crippen MR) is 92.9 cm³/mol. The molecule has 0 bridgehead atoms. The van der Waals surface area contributed by atoms with Crippen molar-refractivity contribution >= 4 is 34.1 Å². The van der Waals surface area contributed by atoms with Crippen LogP contribution in [-0.4, -0.2) is 30.6 Å². The van der Waals surface area contributed by atoms with Gasteiger partial charge in [-0.05, 0) is 32.9 Å². The van der Waals surface area contributed by atoms with Gasteiger partial charge in [0, 0.05) is 23.5 Å². The largest absolute Gasteiger partial charge is 0.278 e. The highest BCUT2D eigenvalue weighted by atomic mass is 32.2. The molecule has 0 spiro atoms. The Morgan fingerprint density at radius 3 is 2.78 bits per heavy atom. The third-order valence-electron chi connectivity index (χ3n) is 3.93. The van der Waals surface area contributed by atoms with Gasteiger partial charge in [0.2, 0.25) is 0 Å². The second-order valence-corrected chi connectivity index (χ2v) is 7.63. The molecule has 0 radical (unpaired) electrons. The number of thiazole rings is 1. The van der Waals surface area contributed by atoms with Gasteiger partial charge in [-0.1, -0.05) is 11.8 Å². The highest BCUT2D eigenvalue weighted by molar-refractivity contribution is 7.98. The monoisotopic (exact) mass is 347 g/mol. The maximum Gasteiger partial charge on any atom is 0.278 e. The Hall–Kier alpha value is -1.67. The molecule has 0 saturated heterocycles. The standard InChI is InChI=1S/C15H17N5OS2/c1-8(2)19-14(21)10-6-16-15(22-3)18-12(10)20(19)11-7-23-13(17-11)9-4-5-9/h6-9H,4-5H2,1-3H3. The lowest BCUT2D eigenvalue weighted by molar-refractivity contribution is 0.472. The minimum atomic E-state index is -0.0661. The molecule has 3 heterocycles. The summed E-state index contributed by atoms with van der Waals surface area (Å²) in [6.45, 7) is 3.99. The van der Waals surface area contributed by atoms with Gasteiger partial charge < -0.3 is 0 Å². The normalized spacial score (nSPS) is 15.0. The Bertz CT molecular complexity index is 935. The molecule has 8 heteroatoms. The van der Waals surface area contributed by atoms with Crippen LogP contribution in [0.1, 0.15) is 43.7 Å². The molecule has 1 fully saturated rings. The van der Waals surface area contributed by atoms with Crippen LogP contribution in [0.4, 0.5) is 0 Å². The van der Waals surface area contributed by atoms with Crippen LogP contribution in [0.3, 0.4) is 0 Å². The first-order chi connectivity index (χ1) is 11.1. The molecule has 4 rings (SSSR count). The van der Waals surface area contributed by atoms with Gasteiger partial charge >= 0.3 is 0 Å². The fourth-order valence-electron chi connectivity index (χ4n) is 2.66. The first kappa shape index (κ1) is 14.9. The summed E-state index contributed by atoms with van der Waals surface area (Å²) < 4.78 is 3.57. The topological polar surface area (TPSA) is 65.6 Å². The zero-order valence-corrected chi connectivity index (χ0v) is 14.8. The minimum Gasteiger partial charge on any atom is -0.267 e. The van der Waals surface area contributed by atoms with Crippen molar-refractivity contribution in [2.75, 3.05) is 6.26 Å². The van der Waals surface area contributed by atoms with E-state index in [0.717, 1.165) is 10.8 Å². The van der Waals surface area contributed by atoms with Gasteiger partial charge in [-0.15, -0.1) is 11.3 Å². The minimum absolute atomic E-state index is 0.0144. The SMILES string of the molecule is CSc1ncc2c(=O)n(C(C)C)n(-c3csc(C4CC4)n3)c2n1. The van der Waals surface area contributed by atoms with Crippen LogP contribution < -0.4 is 5.56 Å². The number of thioether (sulfide) groups is 1. The zero-order chi connectivity index (χ0) is 16.1. The third-order valence-corrected chi connectivity index (χ3v) is 5.48. The summed E-state index contributed by atoms with van der Waals surface area (Å²) in [5.41, 5.74) is 0.569. The van der Waals surface area contributed by atoms with E-state index in [9.17, 15) is 4.79 Å². The van der Waals surface area contributed by atoms with E-state index < -0.39 is 0 Å². The molecule has 1 aliphatic rings. The molecule has 1 saturated carbocycles. The summed E-state index contributed by atoms with van der Waals surface area (Å²) in [6.07, 6.45) is 5.99. The Morgan fingerprint density at radius 2 is 2.13 bits per heavy atom. The summed E-state index contributed by atoms with van der Waals surface area (Å²) in [5.74, 6) is 1.38. The third kappa shape index (κ3) is 2.40. The highest BCUT2D eigenvalue weighted by Crippen LogP contribution is 2.41. The van der Waals surface area contributed by atoms with Crippen LogP contribution in [0.15, 0.2) is 21.5 Å². The van der Waals surface area contributed by atoms with Gasteiger partial charge in [-0.2, -0.15) is 0 Å². The van der Waals surface area contributed by atoms with E-state index in [2.05, 4.69) is 9.97 Å². The number of nitrogens with zero attached hydrogens (tertiary/aromatic N) is 5. The Balaban J connectivity index is 2.00. The molecular formula is C15H17N5OS2. The molecule has 23 heavy (non-hydrogen) atoms. The molecule has 3 aromatic heterocycles. The van der Waals surface area contributed by atoms with E-state index in [-0.39, 0.29) is 11.6 Å². The van der Waals surface area contributed by atoms with E-state index >= 15 is 0 Å². The van der Waals surface area contributed by atoms with Gasteiger partial charge in [0.05, 0.1) is 5.01 Å². The van der Waals surface area contributed by atoms with E-state index in [1.165, 1.54) is 24.6 Å². The zero-order valence-electron chi connectivity index (χ0n) is 13.2. The van der Waals surface area contributed by atoms with Crippen LogP contribution in [0.5, 0.6) is 0 Å². The predicted octanol–water partition coefficient (Wildman–Crippen LogP) is 3.22. The average Bonchev–Trinajstić information content (AvgIpc) is 3.20. The van der Waals surface area contributed by atoms with Gasteiger partial charge in [-0.3, -0.25) is 4.79 Å². The number of fused-ring (bicyclic) bond motifs is 1. The lowest BCUT2D eigenvalue weighted by atomic mass is 10.4. The van der Waals surface area contributed by atoms with Gasteiger partial charge in [0.1, 0.15) is 5.39 Å². The summed E-state index contributed by atoms with van der Waals surface area (Å²) in [6, 6.07) is 0.0144. The van der Waals surface area contributed by atoms with Crippen molar-refractivity contribution in [2.24, 2.45) is 0 Å². The molecule has 0 aliphatic heterocycles. The molecule has 120 valence electrons. The molecule has 6 nitrogen and oxygen atoms in total. The Kier molecular flexibility index (Phi) is 3.53. The Morgan fingerprint density at radius 1 is 1.35 bits per heavy atom. The van der Waals surface area contributed by atoms with Crippen LogP contribution in [0.2, 0.25) is 0 Å². The fourth-order valence-corrected chi connectivity index (χ4v) is 3.95. The smallest absolute Gasteiger partial charge is 0.267 e. The molecule has 0 N–H and O–H groups in total. The molecule has 1 aliphatic carbocycles. The van der Waals surface area contributed by atoms with Crippen LogP contribution in [0, 0.1) is 0 Å². The van der Waals surface area contributed by atoms with Crippen molar-refractivity contribution in [1.82, 2.24) is 24.3 Å². The summed E-state index contributed by atoms with van der Waals surface area (Å²) in [5, 5.41) is 4.37. The van der Waals surface area contributed by atoms with Crippen molar-refractivity contribution in [1.29, 1.82) is 0 Å². The highest BCUT2D eigenvalue weighted by Gasteiger charge is 2.28. The molecule has 0 aromatic carbocycles. The van der Waals surface area contributed by atoms with Crippen LogP contribution in [0.25, 0.3) is 16.9 Å². The second-order valence-electron chi connectivity index (χ2n) is 5.97. The maximum atomic E-state index is 12.7. The number of hydrogen-bond donors (Lipinski definition) is 0. The average molecular weight is 347 g/mol. The Labute approximate surface area is 141 Å². The fraction of sp³-hybridized carbons (Fsp3) is 0.467. The van der Waals surface area contributed by atoms with Gasteiger partial charge in [-0.25, -0.2) is 24.3 Å².